The van der Waals surface area contributed by atoms with Gasteiger partial charge in [0.25, 0.3) is 0 Å². The molecule has 0 bridgehead atoms. The largest absolute Gasteiger partial charge is 0.478 e. The fourth-order valence-electron chi connectivity index (χ4n) is 3.27. The number of carboxylic acid groups (broad SMARTS) is 1. The molecular weight excluding hydrogens is 422 g/mol. The number of thiazole rings is 1. The van der Waals surface area contributed by atoms with Gasteiger partial charge < -0.3 is 5.11 Å². The highest BCUT2D eigenvalue weighted by Gasteiger charge is 2.19. The van der Waals surface area contributed by atoms with E-state index in [1.54, 1.807) is 41.8 Å². The number of rotatable bonds is 6. The molecule has 1 aromatic heterocycles. The van der Waals surface area contributed by atoms with E-state index in [2.05, 4.69) is 10.5 Å². The van der Waals surface area contributed by atoms with Crippen LogP contribution in [0.1, 0.15) is 10.4 Å². The molecule has 2 N–H and O–H groups in total. The molecule has 31 heavy (non-hydrogen) atoms. The zero-order valence-electron chi connectivity index (χ0n) is 16.2. The minimum Gasteiger partial charge on any atom is -0.478 e. The van der Waals surface area contributed by atoms with Crippen LogP contribution >= 0.6 is 11.3 Å². The Morgan fingerprint density at radius 2 is 1.77 bits per heavy atom. The Hall–Kier alpha value is -3.62. The number of para-hydroxylation sites is 1. The van der Waals surface area contributed by atoms with Gasteiger partial charge in [0.2, 0.25) is 0 Å². The molecule has 0 fully saturated rings. The fraction of sp³-hybridized carbons (Fsp3) is 0.0435. The van der Waals surface area contributed by atoms with Crippen molar-refractivity contribution >= 4 is 23.0 Å². The van der Waals surface area contributed by atoms with Crippen LogP contribution < -0.4 is 5.48 Å². The van der Waals surface area contributed by atoms with Gasteiger partial charge in [0, 0.05) is 16.5 Å². The van der Waals surface area contributed by atoms with Crippen LogP contribution in [0.3, 0.4) is 0 Å². The smallest absolute Gasteiger partial charge is 0.336 e. The fourth-order valence-corrected chi connectivity index (χ4v) is 4.08. The lowest BCUT2D eigenvalue weighted by Gasteiger charge is -2.13. The first-order valence-corrected chi connectivity index (χ1v) is 10.0. The van der Waals surface area contributed by atoms with Gasteiger partial charge in [-0.2, -0.15) is 0 Å². The summed E-state index contributed by atoms with van der Waals surface area (Å²) in [5.41, 5.74) is 5.06. The minimum absolute atomic E-state index is 0.0664. The molecule has 4 aromatic rings. The van der Waals surface area contributed by atoms with Gasteiger partial charge in [0.05, 0.1) is 29.6 Å². The third-order valence-corrected chi connectivity index (χ3v) is 5.54. The Morgan fingerprint density at radius 1 is 1.03 bits per heavy atom. The first-order valence-electron chi connectivity index (χ1n) is 9.15. The number of aromatic nitrogens is 1. The van der Waals surface area contributed by atoms with Crippen LogP contribution in [0.15, 0.2) is 66.0 Å². The second-order valence-corrected chi connectivity index (χ2v) is 7.41. The van der Waals surface area contributed by atoms with Crippen LogP contribution in [0.2, 0.25) is 0 Å². The van der Waals surface area contributed by atoms with Gasteiger partial charge >= 0.3 is 5.97 Å². The van der Waals surface area contributed by atoms with E-state index in [0.29, 0.717) is 27.4 Å². The summed E-state index contributed by atoms with van der Waals surface area (Å²) >= 11 is 1.18. The lowest BCUT2D eigenvalue weighted by atomic mass is 9.96. The number of nitrogens with one attached hydrogen (secondary N) is 1. The molecule has 0 spiro atoms. The number of benzene rings is 3. The summed E-state index contributed by atoms with van der Waals surface area (Å²) < 4.78 is 28.2. The maximum absolute atomic E-state index is 14.1. The van der Waals surface area contributed by atoms with Crippen molar-refractivity contribution in [3.8, 4) is 33.0 Å². The van der Waals surface area contributed by atoms with Gasteiger partial charge in [0.1, 0.15) is 16.6 Å². The quantitative estimate of drug-likeness (QED) is 0.356. The van der Waals surface area contributed by atoms with E-state index in [9.17, 15) is 18.7 Å². The van der Waals surface area contributed by atoms with Crippen LogP contribution in [0.25, 0.3) is 33.0 Å². The van der Waals surface area contributed by atoms with E-state index in [0.717, 1.165) is 0 Å². The van der Waals surface area contributed by atoms with Crippen molar-refractivity contribution in [3.63, 3.8) is 0 Å². The van der Waals surface area contributed by atoms with E-state index in [1.165, 1.54) is 42.7 Å². The van der Waals surface area contributed by atoms with Gasteiger partial charge in [-0.05, 0) is 29.8 Å². The summed E-state index contributed by atoms with van der Waals surface area (Å²) in [5.74, 6) is -2.53. The molecule has 0 saturated carbocycles. The molecule has 4 rings (SSSR count). The maximum Gasteiger partial charge on any atom is 0.336 e. The molecule has 156 valence electrons. The summed E-state index contributed by atoms with van der Waals surface area (Å²) in [7, 11) is 1.47. The standard InChI is InChI=1S/C23H16F2N2O3S/c1-30-27-19-8-3-2-5-15(19)14-10-9-13(11-16(14)23(28)29)22-26-20(12-31-22)21-17(24)6-4-7-18(21)25/h2-12,27H,1H3,(H,28,29). The van der Waals surface area contributed by atoms with Gasteiger partial charge in [0.15, 0.2) is 0 Å². The van der Waals surface area contributed by atoms with Gasteiger partial charge in [-0.3, -0.25) is 10.3 Å². The van der Waals surface area contributed by atoms with Crippen LogP contribution in [-0.4, -0.2) is 23.2 Å². The molecule has 0 aliphatic rings. The highest BCUT2D eigenvalue weighted by atomic mass is 32.1. The predicted molar refractivity (Wildman–Crippen MR) is 116 cm³/mol. The number of halogens is 2. The molecule has 0 aliphatic carbocycles. The molecule has 0 atom stereocenters. The number of hydrogen-bond acceptors (Lipinski definition) is 5. The first kappa shape index (κ1) is 20.6. The lowest BCUT2D eigenvalue weighted by molar-refractivity contribution is 0.0697. The van der Waals surface area contributed by atoms with Crippen molar-refractivity contribution in [2.75, 3.05) is 12.6 Å². The average molecular weight is 438 g/mol. The Balaban J connectivity index is 1.78. The van der Waals surface area contributed by atoms with Crippen molar-refractivity contribution in [2.24, 2.45) is 0 Å². The van der Waals surface area contributed by atoms with E-state index in [1.807, 2.05) is 0 Å². The Morgan fingerprint density at radius 3 is 2.48 bits per heavy atom. The molecule has 8 heteroatoms. The summed E-state index contributed by atoms with van der Waals surface area (Å²) in [6.45, 7) is 0. The molecule has 0 radical (unpaired) electrons. The van der Waals surface area contributed by atoms with Crippen molar-refractivity contribution in [1.82, 2.24) is 4.98 Å². The van der Waals surface area contributed by atoms with Gasteiger partial charge in [-0.15, -0.1) is 11.3 Å². The normalized spacial score (nSPS) is 10.8. The third-order valence-electron chi connectivity index (χ3n) is 4.65. The monoisotopic (exact) mass is 438 g/mol. The number of nitrogens with zero attached hydrogens (tertiary/aromatic N) is 1. The number of aromatic carboxylic acids is 1. The molecular formula is C23H16F2N2O3S. The van der Waals surface area contributed by atoms with E-state index in [4.69, 9.17) is 4.84 Å². The predicted octanol–water partition coefficient (Wildman–Crippen LogP) is 6.09. The van der Waals surface area contributed by atoms with Crippen LogP contribution in [0.5, 0.6) is 0 Å². The zero-order valence-corrected chi connectivity index (χ0v) is 17.0. The zero-order chi connectivity index (χ0) is 22.0. The molecule has 0 aliphatic heterocycles. The summed E-state index contributed by atoms with van der Waals surface area (Å²) in [5, 5.41) is 11.8. The molecule has 0 saturated heterocycles. The van der Waals surface area contributed by atoms with E-state index < -0.39 is 17.6 Å². The topological polar surface area (TPSA) is 71.5 Å². The van der Waals surface area contributed by atoms with Crippen molar-refractivity contribution in [2.45, 2.75) is 0 Å². The van der Waals surface area contributed by atoms with Gasteiger partial charge in [-0.25, -0.2) is 18.6 Å². The van der Waals surface area contributed by atoms with Gasteiger partial charge in [-0.1, -0.05) is 36.4 Å². The number of carboxylic acids is 1. The molecule has 0 unspecified atom stereocenters. The van der Waals surface area contributed by atoms with Crippen molar-refractivity contribution in [3.05, 3.63) is 83.2 Å². The molecule has 1 heterocycles. The number of carbonyl (C=O) groups is 1. The molecule has 0 amide bonds. The molecule has 3 aromatic carbocycles. The van der Waals surface area contributed by atoms with Crippen LogP contribution in [0, 0.1) is 11.6 Å². The second-order valence-electron chi connectivity index (χ2n) is 6.55. The second kappa shape index (κ2) is 8.63. The highest BCUT2D eigenvalue weighted by molar-refractivity contribution is 7.13. The van der Waals surface area contributed by atoms with Crippen LogP contribution in [0.4, 0.5) is 14.5 Å². The molecule has 5 nitrogen and oxygen atoms in total. The third kappa shape index (κ3) is 4.03. The minimum atomic E-state index is -1.11. The number of anilines is 1. The average Bonchev–Trinajstić information content (AvgIpc) is 3.23. The Kier molecular flexibility index (Phi) is 5.75. The van der Waals surface area contributed by atoms with E-state index in [-0.39, 0.29) is 16.8 Å². The first-order chi connectivity index (χ1) is 15.0. The summed E-state index contributed by atoms with van der Waals surface area (Å²) in [6.07, 6.45) is 0. The summed E-state index contributed by atoms with van der Waals surface area (Å²) in [4.78, 5) is 21.3. The Labute approximate surface area is 180 Å². The van der Waals surface area contributed by atoms with E-state index >= 15 is 0 Å². The van der Waals surface area contributed by atoms with Crippen molar-refractivity contribution in [1.29, 1.82) is 0 Å². The lowest BCUT2D eigenvalue weighted by Crippen LogP contribution is -2.03. The van der Waals surface area contributed by atoms with Crippen LogP contribution in [-0.2, 0) is 4.84 Å². The van der Waals surface area contributed by atoms with Crippen molar-refractivity contribution < 1.29 is 23.5 Å². The maximum atomic E-state index is 14.1. The summed E-state index contributed by atoms with van der Waals surface area (Å²) in [6, 6.07) is 15.7. The highest BCUT2D eigenvalue weighted by Crippen LogP contribution is 2.36. The SMILES string of the molecule is CONc1ccccc1-c1ccc(-c2nc(-c3c(F)cccc3F)cs2)cc1C(=O)O. The number of hydrogen-bond donors (Lipinski definition) is 2. The Bertz CT molecular complexity index is 1250.